The first kappa shape index (κ1) is 12.1. The molecule has 0 aromatic heterocycles. The Labute approximate surface area is 91.8 Å². The molecule has 0 bridgehead atoms. The van der Waals surface area contributed by atoms with E-state index in [-0.39, 0.29) is 5.97 Å². The Morgan fingerprint density at radius 3 is 2.80 bits per heavy atom. The van der Waals surface area contributed by atoms with Crippen molar-refractivity contribution >= 4 is 5.97 Å². The molecule has 1 fully saturated rings. The van der Waals surface area contributed by atoms with Crippen LogP contribution in [0.1, 0.15) is 33.1 Å². The van der Waals surface area contributed by atoms with Crippen molar-refractivity contribution in [1.29, 1.82) is 0 Å². The molecule has 0 unspecified atom stereocenters. The fourth-order valence-corrected chi connectivity index (χ4v) is 1.53. The number of nitrogens with zero attached hydrogens (tertiary/aromatic N) is 1. The molecule has 0 amide bonds. The van der Waals surface area contributed by atoms with Crippen LogP contribution in [-0.4, -0.2) is 36.6 Å². The van der Waals surface area contributed by atoms with E-state index < -0.39 is 0 Å². The molecule has 0 aromatic carbocycles. The first-order valence-corrected chi connectivity index (χ1v) is 5.57. The van der Waals surface area contributed by atoms with Gasteiger partial charge in [0.15, 0.2) is 0 Å². The second kappa shape index (κ2) is 6.47. The van der Waals surface area contributed by atoms with Crippen LogP contribution in [0.3, 0.4) is 0 Å². The van der Waals surface area contributed by atoms with E-state index in [2.05, 4.69) is 16.7 Å². The molecular formula is C12H19NO2. The Morgan fingerprint density at radius 1 is 1.53 bits per heavy atom. The zero-order valence-electron chi connectivity index (χ0n) is 9.58. The van der Waals surface area contributed by atoms with E-state index in [1.54, 1.807) is 0 Å². The smallest absolute Gasteiger partial charge is 0.320 e. The van der Waals surface area contributed by atoms with Crippen molar-refractivity contribution < 1.29 is 9.53 Å². The minimum atomic E-state index is -0.117. The van der Waals surface area contributed by atoms with Crippen LogP contribution >= 0.6 is 0 Å². The topological polar surface area (TPSA) is 29.5 Å². The number of rotatable bonds is 6. The highest BCUT2D eigenvalue weighted by Gasteiger charge is 2.29. The maximum absolute atomic E-state index is 11.3. The molecule has 1 aliphatic rings. The normalized spacial score (nSPS) is 14.6. The molecule has 0 saturated heterocycles. The third kappa shape index (κ3) is 4.85. The highest BCUT2D eigenvalue weighted by atomic mass is 16.5. The maximum atomic E-state index is 11.3. The quantitative estimate of drug-likeness (QED) is 0.489. The minimum Gasteiger partial charge on any atom is -0.465 e. The molecule has 0 aliphatic heterocycles. The van der Waals surface area contributed by atoms with Crippen LogP contribution in [0.15, 0.2) is 0 Å². The first-order chi connectivity index (χ1) is 7.27. The lowest BCUT2D eigenvalue weighted by atomic mass is 10.3. The predicted molar refractivity (Wildman–Crippen MR) is 59.3 cm³/mol. The first-order valence-electron chi connectivity index (χ1n) is 5.57. The van der Waals surface area contributed by atoms with Gasteiger partial charge in [-0.3, -0.25) is 9.69 Å². The van der Waals surface area contributed by atoms with Gasteiger partial charge < -0.3 is 4.74 Å². The third-order valence-corrected chi connectivity index (χ3v) is 2.40. The summed E-state index contributed by atoms with van der Waals surface area (Å²) < 4.78 is 4.94. The van der Waals surface area contributed by atoms with Crippen LogP contribution in [0.25, 0.3) is 0 Å². The minimum absolute atomic E-state index is 0.117. The fraction of sp³-hybridized carbons (Fsp3) is 0.750. The Morgan fingerprint density at radius 2 is 2.27 bits per heavy atom. The molecule has 0 N–H and O–H groups in total. The van der Waals surface area contributed by atoms with Gasteiger partial charge in [-0.15, -0.1) is 11.8 Å². The molecule has 0 heterocycles. The molecule has 84 valence electrons. The van der Waals surface area contributed by atoms with Crippen LogP contribution in [0, 0.1) is 11.8 Å². The molecule has 1 saturated carbocycles. The van der Waals surface area contributed by atoms with Crippen LogP contribution < -0.4 is 0 Å². The summed E-state index contributed by atoms with van der Waals surface area (Å²) in [4.78, 5) is 13.5. The summed E-state index contributed by atoms with van der Waals surface area (Å²) in [6.45, 7) is 5.44. The van der Waals surface area contributed by atoms with Gasteiger partial charge in [-0.1, -0.05) is 0 Å². The maximum Gasteiger partial charge on any atom is 0.320 e. The lowest BCUT2D eigenvalue weighted by Gasteiger charge is -2.19. The van der Waals surface area contributed by atoms with Gasteiger partial charge >= 0.3 is 5.97 Å². The summed E-state index contributed by atoms with van der Waals surface area (Å²) in [6, 6.07) is 0.591. The molecular weight excluding hydrogens is 190 g/mol. The summed E-state index contributed by atoms with van der Waals surface area (Å²) in [6.07, 6.45) is 3.25. The SMILES string of the molecule is CC#CCCN(CC(=O)OCC)C1CC1. The second-order valence-corrected chi connectivity index (χ2v) is 3.68. The molecule has 0 aromatic rings. The summed E-state index contributed by atoms with van der Waals surface area (Å²) in [5.74, 6) is 5.77. The van der Waals surface area contributed by atoms with E-state index in [1.165, 1.54) is 12.8 Å². The fourth-order valence-electron chi connectivity index (χ4n) is 1.53. The van der Waals surface area contributed by atoms with Crippen LogP contribution in [0.2, 0.25) is 0 Å². The van der Waals surface area contributed by atoms with Crippen molar-refractivity contribution in [3.05, 3.63) is 0 Å². The molecule has 0 radical (unpaired) electrons. The third-order valence-electron chi connectivity index (χ3n) is 2.40. The number of hydrogen-bond donors (Lipinski definition) is 0. The molecule has 15 heavy (non-hydrogen) atoms. The number of carbonyl (C=O) groups is 1. The van der Waals surface area contributed by atoms with Crippen molar-refractivity contribution in [2.24, 2.45) is 0 Å². The summed E-state index contributed by atoms with van der Waals surface area (Å²) in [5.41, 5.74) is 0. The lowest BCUT2D eigenvalue weighted by molar-refractivity contribution is -0.144. The highest BCUT2D eigenvalue weighted by Crippen LogP contribution is 2.26. The molecule has 1 aliphatic carbocycles. The van der Waals surface area contributed by atoms with Crippen LogP contribution in [0.5, 0.6) is 0 Å². The van der Waals surface area contributed by atoms with Crippen molar-refractivity contribution in [1.82, 2.24) is 4.90 Å². The van der Waals surface area contributed by atoms with Crippen molar-refractivity contribution in [3.63, 3.8) is 0 Å². The van der Waals surface area contributed by atoms with Crippen molar-refractivity contribution in [3.8, 4) is 11.8 Å². The van der Waals surface area contributed by atoms with E-state index >= 15 is 0 Å². The van der Waals surface area contributed by atoms with Crippen LogP contribution in [-0.2, 0) is 9.53 Å². The monoisotopic (exact) mass is 209 g/mol. The molecule has 0 atom stereocenters. The van der Waals surface area contributed by atoms with E-state index in [9.17, 15) is 4.79 Å². The number of carbonyl (C=O) groups excluding carboxylic acids is 1. The van der Waals surface area contributed by atoms with E-state index in [1.807, 2.05) is 13.8 Å². The lowest BCUT2D eigenvalue weighted by Crippen LogP contribution is -2.33. The zero-order valence-corrected chi connectivity index (χ0v) is 9.58. The largest absolute Gasteiger partial charge is 0.465 e. The van der Waals surface area contributed by atoms with Crippen LogP contribution in [0.4, 0.5) is 0 Å². The molecule has 3 heteroatoms. The average Bonchev–Trinajstić information content (AvgIpc) is 3.00. The van der Waals surface area contributed by atoms with Gasteiger partial charge in [0.1, 0.15) is 0 Å². The second-order valence-electron chi connectivity index (χ2n) is 3.68. The Bertz CT molecular complexity index is 261. The Balaban J connectivity index is 2.28. The van der Waals surface area contributed by atoms with Crippen molar-refractivity contribution in [2.45, 2.75) is 39.2 Å². The predicted octanol–water partition coefficient (Wildman–Crippen LogP) is 1.43. The Kier molecular flexibility index (Phi) is 5.20. The number of ether oxygens (including phenoxy) is 1. The van der Waals surface area contributed by atoms with Crippen molar-refractivity contribution in [2.75, 3.05) is 19.7 Å². The van der Waals surface area contributed by atoms with Gasteiger partial charge in [0.2, 0.25) is 0 Å². The molecule has 1 rings (SSSR count). The molecule has 0 spiro atoms. The van der Waals surface area contributed by atoms with Gasteiger partial charge in [-0.25, -0.2) is 0 Å². The average molecular weight is 209 g/mol. The van der Waals surface area contributed by atoms with Gasteiger partial charge in [0.05, 0.1) is 13.2 Å². The van der Waals surface area contributed by atoms with E-state index in [4.69, 9.17) is 4.74 Å². The highest BCUT2D eigenvalue weighted by molar-refractivity contribution is 5.71. The van der Waals surface area contributed by atoms with E-state index in [0.29, 0.717) is 19.2 Å². The summed E-state index contributed by atoms with van der Waals surface area (Å²) in [5, 5.41) is 0. The summed E-state index contributed by atoms with van der Waals surface area (Å²) in [7, 11) is 0. The van der Waals surface area contributed by atoms with Gasteiger partial charge in [-0.2, -0.15) is 0 Å². The summed E-state index contributed by atoms with van der Waals surface area (Å²) >= 11 is 0. The van der Waals surface area contributed by atoms with Gasteiger partial charge in [0, 0.05) is 19.0 Å². The van der Waals surface area contributed by atoms with Gasteiger partial charge in [0.25, 0.3) is 0 Å². The molecule has 3 nitrogen and oxygen atoms in total. The number of esters is 1. The number of hydrogen-bond acceptors (Lipinski definition) is 3. The zero-order chi connectivity index (χ0) is 11.1. The Hall–Kier alpha value is -1.01. The van der Waals surface area contributed by atoms with E-state index in [0.717, 1.165) is 13.0 Å². The van der Waals surface area contributed by atoms with Gasteiger partial charge in [-0.05, 0) is 26.7 Å². The standard InChI is InChI=1S/C12H19NO2/c1-3-5-6-9-13(11-7-8-11)10-12(14)15-4-2/h11H,4,6-10H2,1-2H3.